The smallest absolute Gasteiger partial charge is 0.253 e. The first-order valence-corrected chi connectivity index (χ1v) is 9.06. The number of nitrogens with zero attached hydrogens (tertiary/aromatic N) is 2. The van der Waals surface area contributed by atoms with Crippen molar-refractivity contribution >= 4 is 11.8 Å². The van der Waals surface area contributed by atoms with E-state index in [1.54, 1.807) is 0 Å². The lowest BCUT2D eigenvalue weighted by atomic mass is 9.95. The Morgan fingerprint density at radius 2 is 1.50 bits per heavy atom. The summed E-state index contributed by atoms with van der Waals surface area (Å²) in [5.41, 5.74) is 1.79. The van der Waals surface area contributed by atoms with E-state index in [1.807, 2.05) is 64.4 Å². The van der Waals surface area contributed by atoms with Crippen LogP contribution in [0, 0.1) is 5.92 Å². The molecule has 0 aromatic heterocycles. The molecule has 4 rings (SSSR count). The molecule has 2 aromatic carbocycles. The van der Waals surface area contributed by atoms with Gasteiger partial charge in [-0.15, -0.1) is 0 Å². The van der Waals surface area contributed by atoms with Crippen LogP contribution in [0.2, 0.25) is 0 Å². The largest absolute Gasteiger partial charge is 0.492 e. The van der Waals surface area contributed by atoms with Crippen LogP contribution in [0.1, 0.15) is 15.9 Å². The molecule has 26 heavy (non-hydrogen) atoms. The van der Waals surface area contributed by atoms with Gasteiger partial charge in [0.15, 0.2) is 0 Å². The van der Waals surface area contributed by atoms with Gasteiger partial charge >= 0.3 is 0 Å². The molecule has 5 nitrogen and oxygen atoms in total. The van der Waals surface area contributed by atoms with Crippen LogP contribution < -0.4 is 4.74 Å². The number of benzene rings is 2. The van der Waals surface area contributed by atoms with Crippen molar-refractivity contribution in [3.63, 3.8) is 0 Å². The zero-order valence-electron chi connectivity index (χ0n) is 14.6. The summed E-state index contributed by atoms with van der Waals surface area (Å²) in [5.74, 6) is 0.912. The number of para-hydroxylation sites is 1. The van der Waals surface area contributed by atoms with Crippen molar-refractivity contribution in [2.24, 2.45) is 5.92 Å². The van der Waals surface area contributed by atoms with Gasteiger partial charge in [0.2, 0.25) is 5.91 Å². The topological polar surface area (TPSA) is 49.9 Å². The summed E-state index contributed by atoms with van der Waals surface area (Å²) in [4.78, 5) is 29.1. The molecular formula is C21H22N2O3. The number of piperazine rings is 1. The fourth-order valence-corrected chi connectivity index (χ4v) is 3.64. The Hall–Kier alpha value is -2.82. The fraction of sp³-hybridized carbons (Fsp3) is 0.333. The average Bonchev–Trinajstić information content (AvgIpc) is 2.73. The van der Waals surface area contributed by atoms with E-state index in [-0.39, 0.29) is 17.7 Å². The molecule has 2 amide bonds. The number of ether oxygens (including phenoxy) is 1. The van der Waals surface area contributed by atoms with Gasteiger partial charge in [-0.1, -0.05) is 36.4 Å². The van der Waals surface area contributed by atoms with Crippen LogP contribution in [0.15, 0.2) is 54.6 Å². The van der Waals surface area contributed by atoms with E-state index in [0.29, 0.717) is 38.3 Å². The molecule has 2 aliphatic heterocycles. The number of hydrogen-bond donors (Lipinski definition) is 0. The Morgan fingerprint density at radius 1 is 0.846 bits per heavy atom. The maximum atomic E-state index is 12.9. The third-order valence-electron chi connectivity index (χ3n) is 5.13. The molecule has 0 bridgehead atoms. The lowest BCUT2D eigenvalue weighted by Crippen LogP contribution is -2.53. The highest BCUT2D eigenvalue weighted by molar-refractivity contribution is 5.94. The summed E-state index contributed by atoms with van der Waals surface area (Å²) >= 11 is 0. The lowest BCUT2D eigenvalue weighted by Gasteiger charge is -2.37. The van der Waals surface area contributed by atoms with Crippen molar-refractivity contribution in [3.8, 4) is 5.75 Å². The van der Waals surface area contributed by atoms with Gasteiger partial charge in [-0.3, -0.25) is 9.59 Å². The lowest BCUT2D eigenvalue weighted by molar-refractivity contribution is -0.138. The Balaban J connectivity index is 1.35. The minimum atomic E-state index is -0.138. The van der Waals surface area contributed by atoms with Crippen molar-refractivity contribution in [3.05, 3.63) is 65.7 Å². The Kier molecular flexibility index (Phi) is 4.61. The van der Waals surface area contributed by atoms with Crippen LogP contribution in [-0.2, 0) is 11.2 Å². The minimum Gasteiger partial charge on any atom is -0.492 e. The minimum absolute atomic E-state index is 0.0348. The van der Waals surface area contributed by atoms with Crippen LogP contribution in [0.5, 0.6) is 5.75 Å². The molecule has 2 aliphatic rings. The second-order valence-corrected chi connectivity index (χ2v) is 6.80. The summed E-state index contributed by atoms with van der Waals surface area (Å²) in [6, 6.07) is 17.2. The number of rotatable bonds is 2. The molecule has 0 spiro atoms. The van der Waals surface area contributed by atoms with Crippen molar-refractivity contribution < 1.29 is 14.3 Å². The summed E-state index contributed by atoms with van der Waals surface area (Å²) in [7, 11) is 0. The molecule has 0 N–H and O–H groups in total. The van der Waals surface area contributed by atoms with Crippen molar-refractivity contribution in [2.75, 3.05) is 32.8 Å². The number of fused-ring (bicyclic) bond motifs is 1. The standard InChI is InChI=1S/C21H22N2O3/c24-20(16-6-2-1-3-7-16)22-10-12-23(13-11-22)21(25)18-14-17-8-4-5-9-19(17)26-15-18/h1-9,18H,10-15H2/t18-/m0/s1. The molecule has 0 unspecified atom stereocenters. The van der Waals surface area contributed by atoms with E-state index in [4.69, 9.17) is 4.74 Å². The molecule has 1 fully saturated rings. The number of carbonyl (C=O) groups is 2. The van der Waals surface area contributed by atoms with Crippen LogP contribution in [0.3, 0.4) is 0 Å². The second-order valence-electron chi connectivity index (χ2n) is 6.80. The monoisotopic (exact) mass is 350 g/mol. The summed E-state index contributed by atoms with van der Waals surface area (Å²) in [5, 5.41) is 0. The van der Waals surface area contributed by atoms with Gasteiger partial charge in [0.25, 0.3) is 5.91 Å². The Bertz CT molecular complexity index is 798. The summed E-state index contributed by atoms with van der Waals surface area (Å²) in [6.45, 7) is 2.73. The van der Waals surface area contributed by atoms with Gasteiger partial charge in [-0.2, -0.15) is 0 Å². The number of carbonyl (C=O) groups excluding carboxylic acids is 2. The second kappa shape index (κ2) is 7.20. The van der Waals surface area contributed by atoms with E-state index in [1.165, 1.54) is 0 Å². The van der Waals surface area contributed by atoms with E-state index in [2.05, 4.69) is 0 Å². The zero-order valence-corrected chi connectivity index (χ0v) is 14.6. The van der Waals surface area contributed by atoms with E-state index < -0.39 is 0 Å². The molecule has 1 saturated heterocycles. The molecule has 2 heterocycles. The Morgan fingerprint density at radius 3 is 2.27 bits per heavy atom. The summed E-state index contributed by atoms with van der Waals surface area (Å²) in [6.07, 6.45) is 0.720. The quantitative estimate of drug-likeness (QED) is 0.834. The zero-order chi connectivity index (χ0) is 17.9. The first-order chi connectivity index (χ1) is 12.7. The fourth-order valence-electron chi connectivity index (χ4n) is 3.64. The van der Waals surface area contributed by atoms with Crippen molar-refractivity contribution in [2.45, 2.75) is 6.42 Å². The van der Waals surface area contributed by atoms with Gasteiger partial charge in [-0.25, -0.2) is 0 Å². The predicted octanol–water partition coefficient (Wildman–Crippen LogP) is 2.22. The average molecular weight is 350 g/mol. The maximum absolute atomic E-state index is 12.9. The Labute approximate surface area is 153 Å². The molecule has 1 atom stereocenters. The molecule has 0 aliphatic carbocycles. The molecule has 2 aromatic rings. The highest BCUT2D eigenvalue weighted by Gasteiger charge is 2.32. The van der Waals surface area contributed by atoms with Crippen LogP contribution in [0.4, 0.5) is 0 Å². The van der Waals surface area contributed by atoms with Gasteiger partial charge in [0.05, 0.1) is 5.92 Å². The first-order valence-electron chi connectivity index (χ1n) is 9.06. The van der Waals surface area contributed by atoms with Crippen LogP contribution >= 0.6 is 0 Å². The summed E-state index contributed by atoms with van der Waals surface area (Å²) < 4.78 is 5.75. The molecule has 134 valence electrons. The van der Waals surface area contributed by atoms with Crippen molar-refractivity contribution in [1.29, 1.82) is 0 Å². The van der Waals surface area contributed by atoms with Gasteiger partial charge in [-0.05, 0) is 30.2 Å². The molecule has 5 heteroatoms. The van der Waals surface area contributed by atoms with E-state index >= 15 is 0 Å². The maximum Gasteiger partial charge on any atom is 0.253 e. The third kappa shape index (κ3) is 3.29. The van der Waals surface area contributed by atoms with Crippen molar-refractivity contribution in [1.82, 2.24) is 9.80 Å². The number of amides is 2. The highest BCUT2D eigenvalue weighted by atomic mass is 16.5. The number of hydrogen-bond acceptors (Lipinski definition) is 3. The predicted molar refractivity (Wildman–Crippen MR) is 98.1 cm³/mol. The normalized spacial score (nSPS) is 19.5. The van der Waals surface area contributed by atoms with E-state index in [9.17, 15) is 9.59 Å². The molecule has 0 radical (unpaired) electrons. The molecular weight excluding hydrogens is 328 g/mol. The van der Waals surface area contributed by atoms with Gasteiger partial charge < -0.3 is 14.5 Å². The van der Waals surface area contributed by atoms with Gasteiger partial charge in [0.1, 0.15) is 12.4 Å². The van der Waals surface area contributed by atoms with E-state index in [0.717, 1.165) is 17.7 Å². The molecule has 0 saturated carbocycles. The van der Waals surface area contributed by atoms with Gasteiger partial charge in [0, 0.05) is 31.7 Å². The van der Waals surface area contributed by atoms with Crippen LogP contribution in [0.25, 0.3) is 0 Å². The van der Waals surface area contributed by atoms with Crippen LogP contribution in [-0.4, -0.2) is 54.4 Å². The SMILES string of the molecule is O=C(c1ccccc1)N1CCN(C(=O)[C@@H]2COc3ccccc3C2)CC1. The first kappa shape index (κ1) is 16.6. The highest BCUT2D eigenvalue weighted by Crippen LogP contribution is 2.28. The third-order valence-corrected chi connectivity index (χ3v) is 5.13.